The van der Waals surface area contributed by atoms with Crippen molar-refractivity contribution in [3.05, 3.63) is 57.4 Å². The number of rotatable bonds is 4. The molecule has 2 heterocycles. The van der Waals surface area contributed by atoms with Gasteiger partial charge in [0.1, 0.15) is 0 Å². The van der Waals surface area contributed by atoms with Crippen LogP contribution in [0.1, 0.15) is 39.7 Å². The van der Waals surface area contributed by atoms with Crippen molar-refractivity contribution < 1.29 is 14.7 Å². The first-order valence-corrected chi connectivity index (χ1v) is 10.3. The number of amides is 2. The molecule has 1 aromatic heterocycles. The summed E-state index contributed by atoms with van der Waals surface area (Å²) in [6, 6.07) is 5.39. The number of aromatic nitrogens is 1. The van der Waals surface area contributed by atoms with Gasteiger partial charge in [-0.05, 0) is 62.6 Å². The fourth-order valence-electron chi connectivity index (χ4n) is 3.69. The molecule has 1 aromatic carbocycles. The van der Waals surface area contributed by atoms with Gasteiger partial charge in [0.2, 0.25) is 0 Å². The summed E-state index contributed by atoms with van der Waals surface area (Å²) in [6.07, 6.45) is 0.689. The molecule has 1 atom stereocenters. The molecule has 7 nitrogen and oxygen atoms in total. The van der Waals surface area contributed by atoms with E-state index in [-0.39, 0.29) is 11.9 Å². The minimum atomic E-state index is -0.882. The standard InChI is InChI=1S/C22H27ClN4O3/c1-13-7-17(10-24-16(13)4)21(28)25-20-9-19(23)8-18(15(20)3)12-26-5-6-27(22(29)30)14(2)11-26/h7-10,14H,5-6,11-12H2,1-4H3,(H,25,28)(H,29,30). The van der Waals surface area contributed by atoms with Gasteiger partial charge in [0.25, 0.3) is 5.91 Å². The molecule has 0 aliphatic carbocycles. The Kier molecular flexibility index (Phi) is 6.63. The van der Waals surface area contributed by atoms with Crippen LogP contribution in [0.3, 0.4) is 0 Å². The number of carbonyl (C=O) groups is 2. The average Bonchev–Trinajstić information content (AvgIpc) is 2.67. The SMILES string of the molecule is Cc1cc(C(=O)Nc2cc(Cl)cc(CN3CCN(C(=O)O)C(C)C3)c2C)cnc1C. The van der Waals surface area contributed by atoms with Crippen LogP contribution in [0.5, 0.6) is 0 Å². The van der Waals surface area contributed by atoms with Crippen molar-refractivity contribution in [1.82, 2.24) is 14.8 Å². The fourth-order valence-corrected chi connectivity index (χ4v) is 3.93. The summed E-state index contributed by atoms with van der Waals surface area (Å²) in [5.41, 5.74) is 4.96. The predicted octanol–water partition coefficient (Wildman–Crippen LogP) is 4.10. The Morgan fingerprint density at radius 3 is 2.60 bits per heavy atom. The van der Waals surface area contributed by atoms with Gasteiger partial charge in [-0.25, -0.2) is 4.79 Å². The summed E-state index contributed by atoms with van der Waals surface area (Å²) in [6.45, 7) is 10.1. The molecule has 0 spiro atoms. The number of pyridine rings is 1. The fraction of sp³-hybridized carbons (Fsp3) is 0.409. The molecular formula is C22H27ClN4O3. The summed E-state index contributed by atoms with van der Waals surface area (Å²) < 4.78 is 0. The van der Waals surface area contributed by atoms with Crippen LogP contribution in [0.4, 0.5) is 10.5 Å². The number of nitrogens with zero attached hydrogens (tertiary/aromatic N) is 3. The van der Waals surface area contributed by atoms with Crippen LogP contribution in [0, 0.1) is 20.8 Å². The Bertz CT molecular complexity index is 979. The maximum absolute atomic E-state index is 12.7. The van der Waals surface area contributed by atoms with E-state index < -0.39 is 6.09 Å². The van der Waals surface area contributed by atoms with E-state index in [1.165, 1.54) is 4.90 Å². The first-order chi connectivity index (χ1) is 14.2. The van der Waals surface area contributed by atoms with Gasteiger partial charge in [-0.15, -0.1) is 0 Å². The zero-order valence-electron chi connectivity index (χ0n) is 17.7. The third kappa shape index (κ3) is 4.91. The molecule has 2 N–H and O–H groups in total. The van der Waals surface area contributed by atoms with Crippen molar-refractivity contribution in [2.75, 3.05) is 25.0 Å². The number of benzene rings is 1. The highest BCUT2D eigenvalue weighted by Gasteiger charge is 2.27. The molecule has 2 aromatic rings. The third-order valence-electron chi connectivity index (χ3n) is 5.68. The van der Waals surface area contributed by atoms with Crippen molar-refractivity contribution >= 4 is 29.3 Å². The highest BCUT2D eigenvalue weighted by molar-refractivity contribution is 6.31. The van der Waals surface area contributed by atoms with Crippen LogP contribution < -0.4 is 5.32 Å². The molecule has 160 valence electrons. The van der Waals surface area contributed by atoms with E-state index >= 15 is 0 Å². The second-order valence-corrected chi connectivity index (χ2v) is 8.31. The molecule has 1 unspecified atom stereocenters. The summed E-state index contributed by atoms with van der Waals surface area (Å²) in [5, 5.41) is 12.8. The minimum absolute atomic E-state index is 0.0767. The van der Waals surface area contributed by atoms with E-state index in [1.54, 1.807) is 12.3 Å². The average molecular weight is 431 g/mol. The van der Waals surface area contributed by atoms with E-state index in [9.17, 15) is 14.7 Å². The molecule has 1 aliphatic heterocycles. The summed E-state index contributed by atoms with van der Waals surface area (Å²) in [5.74, 6) is -0.231. The summed E-state index contributed by atoms with van der Waals surface area (Å²) >= 11 is 6.34. The zero-order valence-corrected chi connectivity index (χ0v) is 18.5. The van der Waals surface area contributed by atoms with Crippen molar-refractivity contribution in [2.24, 2.45) is 0 Å². The Hall–Kier alpha value is -2.64. The van der Waals surface area contributed by atoms with Crippen molar-refractivity contribution in [1.29, 1.82) is 0 Å². The Morgan fingerprint density at radius 1 is 1.23 bits per heavy atom. The normalized spacial score (nSPS) is 17.1. The number of nitrogens with one attached hydrogen (secondary N) is 1. The number of hydrogen-bond acceptors (Lipinski definition) is 4. The number of piperazine rings is 1. The van der Waals surface area contributed by atoms with Gasteiger partial charge in [0.15, 0.2) is 0 Å². The first kappa shape index (κ1) is 22.1. The van der Waals surface area contributed by atoms with Crippen LogP contribution >= 0.6 is 11.6 Å². The predicted molar refractivity (Wildman–Crippen MR) is 117 cm³/mol. The van der Waals surface area contributed by atoms with E-state index in [0.717, 1.165) is 22.4 Å². The van der Waals surface area contributed by atoms with Gasteiger partial charge in [0.05, 0.1) is 5.56 Å². The molecule has 0 radical (unpaired) electrons. The van der Waals surface area contributed by atoms with Crippen molar-refractivity contribution in [2.45, 2.75) is 40.3 Å². The molecule has 2 amide bonds. The second-order valence-electron chi connectivity index (χ2n) is 7.88. The highest BCUT2D eigenvalue weighted by Crippen LogP contribution is 2.27. The molecule has 0 saturated carbocycles. The number of aryl methyl sites for hydroxylation is 2. The topological polar surface area (TPSA) is 85.8 Å². The van der Waals surface area contributed by atoms with E-state index in [4.69, 9.17) is 11.6 Å². The van der Waals surface area contributed by atoms with Gasteiger partial charge in [-0.2, -0.15) is 0 Å². The van der Waals surface area contributed by atoms with Gasteiger partial charge < -0.3 is 15.3 Å². The molecule has 1 saturated heterocycles. The van der Waals surface area contributed by atoms with Crippen LogP contribution in [-0.2, 0) is 6.54 Å². The monoisotopic (exact) mass is 430 g/mol. The van der Waals surface area contributed by atoms with E-state index in [0.29, 0.717) is 42.5 Å². The van der Waals surface area contributed by atoms with Gasteiger partial charge in [-0.1, -0.05) is 11.6 Å². The smallest absolute Gasteiger partial charge is 0.407 e. The Labute approximate surface area is 181 Å². The number of hydrogen-bond donors (Lipinski definition) is 2. The Balaban J connectivity index is 1.76. The maximum Gasteiger partial charge on any atom is 0.407 e. The van der Waals surface area contributed by atoms with Crippen LogP contribution in [-0.4, -0.2) is 57.6 Å². The molecule has 1 fully saturated rings. The lowest BCUT2D eigenvalue weighted by atomic mass is 10.0. The maximum atomic E-state index is 12.7. The Morgan fingerprint density at radius 2 is 1.97 bits per heavy atom. The second kappa shape index (κ2) is 9.02. The first-order valence-electron chi connectivity index (χ1n) is 9.91. The van der Waals surface area contributed by atoms with Crippen molar-refractivity contribution in [3.8, 4) is 0 Å². The molecule has 1 aliphatic rings. The van der Waals surface area contributed by atoms with E-state index in [2.05, 4.69) is 15.2 Å². The number of carbonyl (C=O) groups excluding carboxylic acids is 1. The highest BCUT2D eigenvalue weighted by atomic mass is 35.5. The number of anilines is 1. The lowest BCUT2D eigenvalue weighted by molar-refractivity contribution is 0.0710. The molecule has 0 bridgehead atoms. The van der Waals surface area contributed by atoms with E-state index in [1.807, 2.05) is 39.8 Å². The van der Waals surface area contributed by atoms with Gasteiger partial charge in [0, 0.05) is 54.8 Å². The van der Waals surface area contributed by atoms with Gasteiger partial charge >= 0.3 is 6.09 Å². The zero-order chi connectivity index (χ0) is 22.0. The number of carboxylic acid groups (broad SMARTS) is 1. The lowest BCUT2D eigenvalue weighted by Crippen LogP contribution is -2.53. The lowest BCUT2D eigenvalue weighted by Gasteiger charge is -2.38. The van der Waals surface area contributed by atoms with Crippen LogP contribution in [0.2, 0.25) is 5.02 Å². The molecule has 8 heteroatoms. The van der Waals surface area contributed by atoms with Crippen molar-refractivity contribution in [3.63, 3.8) is 0 Å². The minimum Gasteiger partial charge on any atom is -0.465 e. The summed E-state index contributed by atoms with van der Waals surface area (Å²) in [4.78, 5) is 31.9. The molecule has 30 heavy (non-hydrogen) atoms. The summed E-state index contributed by atoms with van der Waals surface area (Å²) in [7, 11) is 0. The van der Waals surface area contributed by atoms with Crippen LogP contribution in [0.15, 0.2) is 24.4 Å². The number of halogens is 1. The van der Waals surface area contributed by atoms with Crippen LogP contribution in [0.25, 0.3) is 0 Å². The van der Waals surface area contributed by atoms with Gasteiger partial charge in [-0.3, -0.25) is 14.7 Å². The quantitative estimate of drug-likeness (QED) is 0.762. The largest absolute Gasteiger partial charge is 0.465 e. The molecular weight excluding hydrogens is 404 g/mol. The third-order valence-corrected chi connectivity index (χ3v) is 5.90. The molecule has 3 rings (SSSR count).